The van der Waals surface area contributed by atoms with Crippen LogP contribution in [-0.2, 0) is 0 Å². The maximum absolute atomic E-state index is 11.9. The summed E-state index contributed by atoms with van der Waals surface area (Å²) >= 11 is 0. The van der Waals surface area contributed by atoms with Crippen molar-refractivity contribution in [1.29, 1.82) is 0 Å². The van der Waals surface area contributed by atoms with Crippen molar-refractivity contribution < 1.29 is 9.90 Å². The van der Waals surface area contributed by atoms with Crippen molar-refractivity contribution in [3.63, 3.8) is 0 Å². The Balaban J connectivity index is 1.93. The number of carbonyl (C=O) groups excluding carboxylic acids is 1. The summed E-state index contributed by atoms with van der Waals surface area (Å²) in [5.74, 6) is 0.702. The first-order valence-electron chi connectivity index (χ1n) is 6.36. The van der Waals surface area contributed by atoms with Crippen LogP contribution in [0.25, 0.3) is 0 Å². The predicted molar refractivity (Wildman–Crippen MR) is 62.2 cm³/mol. The third kappa shape index (κ3) is 2.17. The van der Waals surface area contributed by atoms with Crippen LogP contribution in [0.5, 0.6) is 0 Å². The minimum atomic E-state index is 0.144. The summed E-state index contributed by atoms with van der Waals surface area (Å²) in [6.07, 6.45) is 5.88. The number of urea groups is 1. The van der Waals surface area contributed by atoms with E-state index in [0.29, 0.717) is 24.9 Å². The van der Waals surface area contributed by atoms with E-state index < -0.39 is 0 Å². The van der Waals surface area contributed by atoms with Crippen molar-refractivity contribution in [3.8, 4) is 0 Å². The molecule has 1 atom stereocenters. The fourth-order valence-electron chi connectivity index (χ4n) is 3.05. The van der Waals surface area contributed by atoms with Crippen LogP contribution in [0.1, 0.15) is 32.1 Å². The first-order chi connectivity index (χ1) is 7.74. The molecule has 2 rings (SSSR count). The van der Waals surface area contributed by atoms with Gasteiger partial charge >= 0.3 is 6.03 Å². The number of hydrogen-bond donors (Lipinski definition) is 1. The second-order valence-electron chi connectivity index (χ2n) is 5.03. The van der Waals surface area contributed by atoms with Gasteiger partial charge in [0, 0.05) is 26.7 Å². The molecule has 1 saturated heterocycles. The minimum Gasteiger partial charge on any atom is -0.396 e. The molecule has 1 N–H and O–H groups in total. The molecule has 1 aliphatic heterocycles. The molecule has 4 heteroatoms. The number of carbonyl (C=O) groups is 1. The summed E-state index contributed by atoms with van der Waals surface area (Å²) < 4.78 is 0. The van der Waals surface area contributed by atoms with Gasteiger partial charge in [-0.2, -0.15) is 0 Å². The van der Waals surface area contributed by atoms with E-state index in [9.17, 15) is 4.79 Å². The zero-order valence-corrected chi connectivity index (χ0v) is 10.1. The molecule has 2 aliphatic rings. The Morgan fingerprint density at radius 3 is 2.69 bits per heavy atom. The van der Waals surface area contributed by atoms with Gasteiger partial charge in [0.05, 0.1) is 6.04 Å². The highest BCUT2D eigenvalue weighted by Gasteiger charge is 2.39. The zero-order chi connectivity index (χ0) is 11.5. The number of rotatable bonds is 4. The van der Waals surface area contributed by atoms with Gasteiger partial charge < -0.3 is 14.9 Å². The van der Waals surface area contributed by atoms with Crippen molar-refractivity contribution in [1.82, 2.24) is 9.80 Å². The fourth-order valence-corrected chi connectivity index (χ4v) is 3.05. The monoisotopic (exact) mass is 226 g/mol. The van der Waals surface area contributed by atoms with Gasteiger partial charge in [-0.1, -0.05) is 12.8 Å². The lowest BCUT2D eigenvalue weighted by molar-refractivity contribution is 0.186. The second kappa shape index (κ2) is 5.04. The molecule has 0 aromatic rings. The molecular weight excluding hydrogens is 204 g/mol. The van der Waals surface area contributed by atoms with Gasteiger partial charge in [-0.25, -0.2) is 4.79 Å². The van der Waals surface area contributed by atoms with Gasteiger partial charge in [0.2, 0.25) is 0 Å². The average molecular weight is 226 g/mol. The number of aliphatic hydroxyl groups excluding tert-OH is 1. The fraction of sp³-hybridized carbons (Fsp3) is 0.917. The molecular formula is C12H22N2O2. The number of hydrogen-bond acceptors (Lipinski definition) is 2. The summed E-state index contributed by atoms with van der Waals surface area (Å²) in [6, 6.07) is 0.555. The van der Waals surface area contributed by atoms with E-state index in [1.165, 1.54) is 25.7 Å². The number of aliphatic hydroxyl groups is 1. The summed E-state index contributed by atoms with van der Waals surface area (Å²) in [4.78, 5) is 15.7. The molecule has 0 aromatic heterocycles. The molecule has 1 aliphatic carbocycles. The standard InChI is InChI=1S/C12H22N2O2/c1-13-11(10-5-2-3-6-10)9-14(12(13)16)7-4-8-15/h10-11,15H,2-9H2,1H3. The van der Waals surface area contributed by atoms with E-state index in [-0.39, 0.29) is 12.6 Å². The minimum absolute atomic E-state index is 0.144. The van der Waals surface area contributed by atoms with Crippen LogP contribution >= 0.6 is 0 Å². The molecule has 0 aromatic carbocycles. The highest BCUT2D eigenvalue weighted by molar-refractivity contribution is 5.76. The molecule has 4 nitrogen and oxygen atoms in total. The van der Waals surface area contributed by atoms with Gasteiger partial charge in [-0.3, -0.25) is 0 Å². The topological polar surface area (TPSA) is 43.8 Å². The summed E-state index contributed by atoms with van der Waals surface area (Å²) in [5, 5.41) is 8.80. The normalized spacial score (nSPS) is 27.1. The van der Waals surface area contributed by atoms with Crippen molar-refractivity contribution >= 4 is 6.03 Å². The first-order valence-corrected chi connectivity index (χ1v) is 6.36. The maximum atomic E-state index is 11.9. The highest BCUT2D eigenvalue weighted by Crippen LogP contribution is 2.33. The van der Waals surface area contributed by atoms with Gasteiger partial charge in [0.25, 0.3) is 0 Å². The Hall–Kier alpha value is -0.770. The Labute approximate surface area is 97.2 Å². The van der Waals surface area contributed by atoms with Crippen LogP contribution in [0.2, 0.25) is 0 Å². The molecule has 0 spiro atoms. The molecule has 2 fully saturated rings. The molecule has 0 radical (unpaired) electrons. The second-order valence-corrected chi connectivity index (χ2v) is 5.03. The van der Waals surface area contributed by atoms with E-state index in [2.05, 4.69) is 0 Å². The van der Waals surface area contributed by atoms with Gasteiger partial charge in [0.15, 0.2) is 0 Å². The highest BCUT2D eigenvalue weighted by atomic mass is 16.3. The summed E-state index contributed by atoms with van der Waals surface area (Å²) in [5.41, 5.74) is 0. The van der Waals surface area contributed by atoms with Crippen LogP contribution in [0, 0.1) is 5.92 Å². The third-order valence-corrected chi connectivity index (χ3v) is 4.01. The van der Waals surface area contributed by atoms with Crippen LogP contribution in [-0.4, -0.2) is 53.7 Å². The quantitative estimate of drug-likeness (QED) is 0.785. The van der Waals surface area contributed by atoms with Crippen molar-refractivity contribution in [2.45, 2.75) is 38.1 Å². The van der Waals surface area contributed by atoms with E-state index in [0.717, 1.165) is 6.54 Å². The maximum Gasteiger partial charge on any atom is 0.320 e. The van der Waals surface area contributed by atoms with E-state index in [4.69, 9.17) is 5.11 Å². The SMILES string of the molecule is CN1C(=O)N(CCCO)CC1C1CCCC1. The smallest absolute Gasteiger partial charge is 0.320 e. The lowest BCUT2D eigenvalue weighted by atomic mass is 9.98. The number of amides is 2. The Morgan fingerprint density at radius 2 is 2.06 bits per heavy atom. The van der Waals surface area contributed by atoms with Crippen LogP contribution in [0.3, 0.4) is 0 Å². The number of nitrogens with zero attached hydrogens (tertiary/aromatic N) is 2. The van der Waals surface area contributed by atoms with E-state index in [1.807, 2.05) is 16.8 Å². The molecule has 1 saturated carbocycles. The Kier molecular flexibility index (Phi) is 3.69. The third-order valence-electron chi connectivity index (χ3n) is 4.01. The Morgan fingerprint density at radius 1 is 1.38 bits per heavy atom. The summed E-state index contributed by atoms with van der Waals surface area (Å²) in [6.45, 7) is 1.73. The molecule has 16 heavy (non-hydrogen) atoms. The van der Waals surface area contributed by atoms with Crippen LogP contribution < -0.4 is 0 Å². The average Bonchev–Trinajstić information content (AvgIpc) is 2.88. The largest absolute Gasteiger partial charge is 0.396 e. The van der Waals surface area contributed by atoms with Crippen LogP contribution in [0.4, 0.5) is 4.79 Å². The van der Waals surface area contributed by atoms with E-state index >= 15 is 0 Å². The summed E-state index contributed by atoms with van der Waals surface area (Å²) in [7, 11) is 1.92. The predicted octanol–water partition coefficient (Wildman–Crippen LogP) is 1.29. The molecule has 0 bridgehead atoms. The zero-order valence-electron chi connectivity index (χ0n) is 10.1. The van der Waals surface area contributed by atoms with E-state index in [1.54, 1.807) is 0 Å². The lowest BCUT2D eigenvalue weighted by Crippen LogP contribution is -2.35. The first kappa shape index (κ1) is 11.7. The van der Waals surface area contributed by atoms with Gasteiger partial charge in [0.1, 0.15) is 0 Å². The van der Waals surface area contributed by atoms with Gasteiger partial charge in [-0.05, 0) is 25.2 Å². The molecule has 2 amide bonds. The molecule has 1 unspecified atom stereocenters. The van der Waals surface area contributed by atoms with Crippen molar-refractivity contribution in [2.24, 2.45) is 5.92 Å². The molecule has 92 valence electrons. The van der Waals surface area contributed by atoms with Crippen LogP contribution in [0.15, 0.2) is 0 Å². The molecule has 1 heterocycles. The number of likely N-dealkylation sites (N-methyl/N-ethyl adjacent to an activating group) is 1. The Bertz CT molecular complexity index is 251. The lowest BCUT2D eigenvalue weighted by Gasteiger charge is -2.23. The van der Waals surface area contributed by atoms with Crippen molar-refractivity contribution in [2.75, 3.05) is 26.7 Å². The van der Waals surface area contributed by atoms with Gasteiger partial charge in [-0.15, -0.1) is 0 Å². The van der Waals surface area contributed by atoms with Crippen molar-refractivity contribution in [3.05, 3.63) is 0 Å².